The average Bonchev–Trinajstić information content (AvgIpc) is 2.55. The molecule has 0 aromatic heterocycles. The van der Waals surface area contributed by atoms with Crippen LogP contribution in [0, 0.1) is 5.41 Å². The predicted octanol–water partition coefficient (Wildman–Crippen LogP) is 2.68. The minimum atomic E-state index is 0.322. The maximum Gasteiger partial charge on any atom is 0.0487 e. The van der Waals surface area contributed by atoms with Gasteiger partial charge in [-0.15, -0.1) is 0 Å². The first kappa shape index (κ1) is 10.4. The molecule has 0 spiro atoms. The number of rotatable bonds is 5. The van der Waals surface area contributed by atoms with E-state index in [9.17, 15) is 5.11 Å². The molecule has 12 heavy (non-hydrogen) atoms. The zero-order valence-electron chi connectivity index (χ0n) is 8.01. The minimum absolute atomic E-state index is 0.322. The Kier molecular flexibility index (Phi) is 4.44. The molecule has 0 bridgehead atoms. The van der Waals surface area contributed by atoms with Gasteiger partial charge < -0.3 is 5.11 Å². The number of hydrogen-bond acceptors (Lipinski definition) is 2. The molecule has 0 radical (unpaired) electrons. The smallest absolute Gasteiger partial charge is 0.0487 e. The normalized spacial score (nSPS) is 21.5. The van der Waals surface area contributed by atoms with Gasteiger partial charge in [0, 0.05) is 6.61 Å². The van der Waals surface area contributed by atoms with Gasteiger partial charge in [0.05, 0.1) is 0 Å². The molecule has 0 unspecified atom stereocenters. The average molecular weight is 188 g/mol. The second kappa shape index (κ2) is 5.13. The van der Waals surface area contributed by atoms with Crippen LogP contribution in [0.25, 0.3) is 0 Å². The van der Waals surface area contributed by atoms with E-state index in [1.165, 1.54) is 43.6 Å². The summed E-state index contributed by atoms with van der Waals surface area (Å²) in [6, 6.07) is 0. The maximum atomic E-state index is 9.31. The number of aliphatic hydroxyl groups excluding tert-OH is 1. The summed E-state index contributed by atoms with van der Waals surface area (Å²) in [5.74, 6) is 2.44. The fraction of sp³-hybridized carbons (Fsp3) is 1.00. The maximum absolute atomic E-state index is 9.31. The third kappa shape index (κ3) is 2.67. The van der Waals surface area contributed by atoms with Crippen molar-refractivity contribution in [1.29, 1.82) is 0 Å². The molecule has 1 rings (SSSR count). The van der Waals surface area contributed by atoms with Gasteiger partial charge in [-0.3, -0.25) is 0 Å². The lowest BCUT2D eigenvalue weighted by Gasteiger charge is -2.25. The molecule has 0 aromatic rings. The van der Waals surface area contributed by atoms with Crippen molar-refractivity contribution >= 4 is 11.8 Å². The molecule has 1 fully saturated rings. The Morgan fingerprint density at radius 1 is 1.33 bits per heavy atom. The van der Waals surface area contributed by atoms with Crippen molar-refractivity contribution in [3.8, 4) is 0 Å². The van der Waals surface area contributed by atoms with Crippen LogP contribution >= 0.6 is 11.8 Å². The van der Waals surface area contributed by atoms with Crippen molar-refractivity contribution in [3.05, 3.63) is 0 Å². The molecule has 0 heterocycles. The second-order valence-corrected chi connectivity index (χ2v) is 5.21. The summed E-state index contributed by atoms with van der Waals surface area (Å²) in [6.07, 6.45) is 6.40. The monoisotopic (exact) mass is 188 g/mol. The molecule has 72 valence electrons. The fourth-order valence-electron chi connectivity index (χ4n) is 2.05. The highest BCUT2D eigenvalue weighted by Crippen LogP contribution is 2.41. The summed E-state index contributed by atoms with van der Waals surface area (Å²) in [5, 5.41) is 9.31. The van der Waals surface area contributed by atoms with E-state index in [0.717, 1.165) is 0 Å². The Morgan fingerprint density at radius 3 is 2.50 bits per heavy atom. The van der Waals surface area contributed by atoms with Crippen LogP contribution in [0.5, 0.6) is 0 Å². The molecule has 0 saturated heterocycles. The number of thioether (sulfide) groups is 1. The second-order valence-electron chi connectivity index (χ2n) is 3.81. The van der Waals surface area contributed by atoms with E-state index in [4.69, 9.17) is 0 Å². The van der Waals surface area contributed by atoms with E-state index in [-0.39, 0.29) is 0 Å². The van der Waals surface area contributed by atoms with Gasteiger partial charge in [-0.25, -0.2) is 0 Å². The van der Waals surface area contributed by atoms with Crippen LogP contribution in [0.2, 0.25) is 0 Å². The number of hydrogen-bond donors (Lipinski definition) is 1. The van der Waals surface area contributed by atoms with E-state index < -0.39 is 0 Å². The summed E-state index contributed by atoms with van der Waals surface area (Å²) in [7, 11) is 0. The molecule has 1 N–H and O–H groups in total. The molecule has 1 aliphatic carbocycles. The van der Waals surface area contributed by atoms with Crippen LogP contribution in [-0.4, -0.2) is 23.2 Å². The van der Waals surface area contributed by atoms with Crippen molar-refractivity contribution < 1.29 is 5.11 Å². The van der Waals surface area contributed by atoms with Crippen LogP contribution in [0.3, 0.4) is 0 Å². The van der Waals surface area contributed by atoms with Crippen LogP contribution in [0.15, 0.2) is 0 Å². The van der Waals surface area contributed by atoms with Gasteiger partial charge in [-0.2, -0.15) is 11.8 Å². The Morgan fingerprint density at radius 2 is 2.00 bits per heavy atom. The lowest BCUT2D eigenvalue weighted by molar-refractivity contribution is 0.127. The molecule has 0 amide bonds. The Labute approximate surface area is 79.9 Å². The molecule has 0 aromatic carbocycles. The predicted molar refractivity (Wildman–Crippen MR) is 55.6 cm³/mol. The molecule has 2 heteroatoms. The Hall–Kier alpha value is 0.310. The van der Waals surface area contributed by atoms with E-state index in [0.29, 0.717) is 12.0 Å². The molecular weight excluding hydrogens is 168 g/mol. The zero-order valence-corrected chi connectivity index (χ0v) is 8.83. The van der Waals surface area contributed by atoms with Gasteiger partial charge >= 0.3 is 0 Å². The molecule has 1 nitrogen and oxygen atoms in total. The van der Waals surface area contributed by atoms with Crippen molar-refractivity contribution in [2.75, 3.05) is 18.1 Å². The van der Waals surface area contributed by atoms with Gasteiger partial charge in [-0.05, 0) is 36.2 Å². The van der Waals surface area contributed by atoms with E-state index in [1.54, 1.807) is 0 Å². The van der Waals surface area contributed by atoms with E-state index in [1.807, 2.05) is 11.8 Å². The van der Waals surface area contributed by atoms with Crippen LogP contribution < -0.4 is 0 Å². The van der Waals surface area contributed by atoms with E-state index >= 15 is 0 Å². The third-order valence-electron chi connectivity index (χ3n) is 2.98. The standard InChI is InChI=1S/C10H20OS/c1-2-12-8-7-10(9-11)5-3-4-6-10/h11H,2-9H2,1H3. The Balaban J connectivity index is 2.24. The molecule has 0 aliphatic heterocycles. The lowest BCUT2D eigenvalue weighted by Crippen LogP contribution is -2.22. The highest BCUT2D eigenvalue weighted by Gasteiger charge is 2.32. The van der Waals surface area contributed by atoms with Gasteiger partial charge in [0.15, 0.2) is 0 Å². The summed E-state index contributed by atoms with van der Waals surface area (Å²) < 4.78 is 0. The number of aliphatic hydroxyl groups is 1. The summed E-state index contributed by atoms with van der Waals surface area (Å²) in [4.78, 5) is 0. The van der Waals surface area contributed by atoms with E-state index in [2.05, 4.69) is 6.92 Å². The molecule has 0 atom stereocenters. The SMILES string of the molecule is CCSCCC1(CO)CCCC1. The van der Waals surface area contributed by atoms with Crippen LogP contribution in [-0.2, 0) is 0 Å². The van der Waals surface area contributed by atoms with Crippen molar-refractivity contribution in [2.45, 2.75) is 39.0 Å². The van der Waals surface area contributed by atoms with Gasteiger partial charge in [0.1, 0.15) is 0 Å². The first-order valence-corrected chi connectivity index (χ1v) is 6.17. The first-order chi connectivity index (χ1) is 5.83. The summed E-state index contributed by atoms with van der Waals surface area (Å²) in [5.41, 5.74) is 0.322. The van der Waals surface area contributed by atoms with Crippen LogP contribution in [0.1, 0.15) is 39.0 Å². The summed E-state index contributed by atoms with van der Waals surface area (Å²) in [6.45, 7) is 2.61. The van der Waals surface area contributed by atoms with Gasteiger partial charge in [-0.1, -0.05) is 19.8 Å². The Bertz CT molecular complexity index is 119. The highest BCUT2D eigenvalue weighted by molar-refractivity contribution is 7.99. The topological polar surface area (TPSA) is 20.2 Å². The minimum Gasteiger partial charge on any atom is -0.396 e. The van der Waals surface area contributed by atoms with Gasteiger partial charge in [0.25, 0.3) is 0 Å². The molecular formula is C10H20OS. The largest absolute Gasteiger partial charge is 0.396 e. The quantitative estimate of drug-likeness (QED) is 0.669. The molecule has 1 aliphatic rings. The van der Waals surface area contributed by atoms with Gasteiger partial charge in [0.2, 0.25) is 0 Å². The van der Waals surface area contributed by atoms with Crippen molar-refractivity contribution in [1.82, 2.24) is 0 Å². The van der Waals surface area contributed by atoms with Crippen molar-refractivity contribution in [3.63, 3.8) is 0 Å². The fourth-order valence-corrected chi connectivity index (χ4v) is 2.91. The highest BCUT2D eigenvalue weighted by atomic mass is 32.2. The third-order valence-corrected chi connectivity index (χ3v) is 3.88. The first-order valence-electron chi connectivity index (χ1n) is 5.01. The lowest BCUT2D eigenvalue weighted by atomic mass is 9.84. The molecule has 1 saturated carbocycles. The summed E-state index contributed by atoms with van der Waals surface area (Å²) >= 11 is 2.00. The van der Waals surface area contributed by atoms with Crippen molar-refractivity contribution in [2.24, 2.45) is 5.41 Å². The van der Waals surface area contributed by atoms with Crippen LogP contribution in [0.4, 0.5) is 0 Å². The zero-order chi connectivity index (χ0) is 8.86.